The van der Waals surface area contributed by atoms with Crippen molar-refractivity contribution in [2.75, 3.05) is 16.8 Å². The molecule has 3 aromatic rings. The van der Waals surface area contributed by atoms with Crippen molar-refractivity contribution in [2.24, 2.45) is 0 Å². The predicted molar refractivity (Wildman–Crippen MR) is 109 cm³/mol. The normalized spacial score (nSPS) is 13.7. The molecule has 26 heavy (non-hydrogen) atoms. The molecule has 1 aromatic heterocycles. The number of carbonyl (C=O) groups is 1. The lowest BCUT2D eigenvalue weighted by Gasteiger charge is -2.20. The predicted octanol–water partition coefficient (Wildman–Crippen LogP) is 4.70. The van der Waals surface area contributed by atoms with Gasteiger partial charge in [0.05, 0.1) is 5.52 Å². The first-order valence-electron chi connectivity index (χ1n) is 8.70. The summed E-state index contributed by atoms with van der Waals surface area (Å²) in [4.78, 5) is 18.5. The third kappa shape index (κ3) is 3.51. The summed E-state index contributed by atoms with van der Waals surface area (Å²) >= 11 is 0. The number of amides is 1. The molecule has 4 rings (SSSR count). The number of benzene rings is 2. The van der Waals surface area contributed by atoms with Gasteiger partial charge < -0.3 is 10.2 Å². The highest BCUT2D eigenvalue weighted by Gasteiger charge is 2.23. The molecule has 5 heteroatoms. The number of rotatable bonds is 4. The van der Waals surface area contributed by atoms with Crippen molar-refractivity contribution in [3.63, 3.8) is 0 Å². The van der Waals surface area contributed by atoms with Gasteiger partial charge in [-0.1, -0.05) is 29.8 Å². The van der Waals surface area contributed by atoms with E-state index in [0.717, 1.165) is 40.8 Å². The summed E-state index contributed by atoms with van der Waals surface area (Å²) in [6.07, 6.45) is 3.42. The van der Waals surface area contributed by atoms with E-state index in [1.165, 1.54) is 5.56 Å². The highest BCUT2D eigenvalue weighted by molar-refractivity contribution is 5.96. The molecular weight excluding hydrogens is 346 g/mol. The summed E-state index contributed by atoms with van der Waals surface area (Å²) in [5, 5.41) is 4.65. The lowest BCUT2D eigenvalue weighted by molar-refractivity contribution is -0.117. The number of aromatic nitrogens is 1. The van der Waals surface area contributed by atoms with Crippen molar-refractivity contribution in [2.45, 2.75) is 26.3 Å². The van der Waals surface area contributed by atoms with E-state index in [0.29, 0.717) is 13.0 Å². The maximum Gasteiger partial charge on any atom is 0.227 e. The van der Waals surface area contributed by atoms with Crippen LogP contribution in [0.1, 0.15) is 24.0 Å². The molecule has 1 aliphatic rings. The van der Waals surface area contributed by atoms with Crippen LogP contribution in [0.4, 0.5) is 11.4 Å². The standard InChI is InChI=1S/C21H21N3O.ClH/c1-15-8-9-18-17(13-15)19(10-11-22-18)23-14-16-5-2-3-6-20(16)24-12-4-7-21(24)25;/h2-3,5-6,8-11,13H,4,7,12,14H2,1H3,(H,22,23);1H. The molecule has 1 N–H and O–H groups in total. The van der Waals surface area contributed by atoms with Gasteiger partial charge in [0.1, 0.15) is 0 Å². The number of pyridine rings is 1. The molecular formula is C21H22ClN3O. The molecule has 134 valence electrons. The molecule has 0 atom stereocenters. The van der Waals surface area contributed by atoms with Gasteiger partial charge in [-0.25, -0.2) is 0 Å². The Morgan fingerprint density at radius 1 is 1.15 bits per heavy atom. The molecule has 2 heterocycles. The molecule has 1 saturated heterocycles. The van der Waals surface area contributed by atoms with Gasteiger partial charge in [-0.2, -0.15) is 0 Å². The Labute approximate surface area is 159 Å². The average molecular weight is 368 g/mol. The fraction of sp³-hybridized carbons (Fsp3) is 0.238. The highest BCUT2D eigenvalue weighted by Crippen LogP contribution is 2.28. The van der Waals surface area contributed by atoms with Crippen molar-refractivity contribution in [3.05, 3.63) is 65.9 Å². The second-order valence-corrected chi connectivity index (χ2v) is 6.51. The topological polar surface area (TPSA) is 45.2 Å². The summed E-state index contributed by atoms with van der Waals surface area (Å²) in [6, 6.07) is 16.4. The zero-order chi connectivity index (χ0) is 17.2. The molecule has 0 radical (unpaired) electrons. The number of nitrogens with one attached hydrogen (secondary N) is 1. The fourth-order valence-electron chi connectivity index (χ4n) is 3.43. The van der Waals surface area contributed by atoms with E-state index in [-0.39, 0.29) is 18.3 Å². The van der Waals surface area contributed by atoms with Crippen LogP contribution in [0.3, 0.4) is 0 Å². The first-order chi connectivity index (χ1) is 12.2. The van der Waals surface area contributed by atoms with Crippen LogP contribution < -0.4 is 10.2 Å². The molecule has 4 nitrogen and oxygen atoms in total. The molecule has 0 spiro atoms. The van der Waals surface area contributed by atoms with Crippen molar-refractivity contribution in [3.8, 4) is 0 Å². The quantitative estimate of drug-likeness (QED) is 0.726. The van der Waals surface area contributed by atoms with Crippen LogP contribution in [-0.2, 0) is 11.3 Å². The Balaban J connectivity index is 0.00000196. The number of nitrogens with zero attached hydrogens (tertiary/aromatic N) is 2. The lowest BCUT2D eigenvalue weighted by atomic mass is 10.1. The fourth-order valence-corrected chi connectivity index (χ4v) is 3.43. The number of halogens is 1. The van der Waals surface area contributed by atoms with Crippen LogP contribution in [0.2, 0.25) is 0 Å². The second kappa shape index (κ2) is 7.75. The van der Waals surface area contributed by atoms with E-state index in [9.17, 15) is 4.79 Å². The minimum absolute atomic E-state index is 0. The molecule has 0 bridgehead atoms. The molecule has 1 fully saturated rings. The maximum absolute atomic E-state index is 12.1. The number of hydrogen-bond donors (Lipinski definition) is 1. The monoisotopic (exact) mass is 367 g/mol. The van der Waals surface area contributed by atoms with E-state index in [4.69, 9.17) is 0 Å². The van der Waals surface area contributed by atoms with Crippen LogP contribution in [0.15, 0.2) is 54.7 Å². The van der Waals surface area contributed by atoms with Gasteiger partial charge >= 0.3 is 0 Å². The highest BCUT2D eigenvalue weighted by atomic mass is 35.5. The Bertz CT molecular complexity index is 941. The van der Waals surface area contributed by atoms with E-state index in [1.54, 1.807) is 0 Å². The second-order valence-electron chi connectivity index (χ2n) is 6.51. The van der Waals surface area contributed by atoms with E-state index in [1.807, 2.05) is 41.4 Å². The first-order valence-corrected chi connectivity index (χ1v) is 8.70. The van der Waals surface area contributed by atoms with Crippen molar-refractivity contribution >= 4 is 40.6 Å². The van der Waals surface area contributed by atoms with Crippen LogP contribution in [0.5, 0.6) is 0 Å². The molecule has 1 amide bonds. The van der Waals surface area contributed by atoms with Gasteiger partial charge in [0, 0.05) is 42.5 Å². The average Bonchev–Trinajstić information content (AvgIpc) is 3.06. The molecule has 1 aliphatic heterocycles. The van der Waals surface area contributed by atoms with Crippen LogP contribution in [-0.4, -0.2) is 17.4 Å². The van der Waals surface area contributed by atoms with Crippen LogP contribution >= 0.6 is 12.4 Å². The third-order valence-corrected chi connectivity index (χ3v) is 4.72. The Hall–Kier alpha value is -2.59. The summed E-state index contributed by atoms with van der Waals surface area (Å²) in [5.41, 5.74) is 5.42. The van der Waals surface area contributed by atoms with E-state index >= 15 is 0 Å². The maximum atomic E-state index is 12.1. The zero-order valence-electron chi connectivity index (χ0n) is 14.7. The summed E-state index contributed by atoms with van der Waals surface area (Å²) < 4.78 is 0. The minimum atomic E-state index is 0. The Kier molecular flexibility index (Phi) is 5.43. The van der Waals surface area contributed by atoms with Gasteiger partial charge in [-0.05, 0) is 43.2 Å². The number of para-hydroxylation sites is 1. The van der Waals surface area contributed by atoms with Gasteiger partial charge in [-0.3, -0.25) is 9.78 Å². The molecule has 0 unspecified atom stereocenters. The molecule has 0 saturated carbocycles. The number of carbonyl (C=O) groups excluding carboxylic acids is 1. The van der Waals surface area contributed by atoms with Crippen molar-refractivity contribution in [1.29, 1.82) is 0 Å². The Morgan fingerprint density at radius 2 is 2.00 bits per heavy atom. The zero-order valence-corrected chi connectivity index (χ0v) is 15.6. The third-order valence-electron chi connectivity index (χ3n) is 4.72. The summed E-state index contributed by atoms with van der Waals surface area (Å²) in [5.74, 6) is 0.220. The van der Waals surface area contributed by atoms with E-state index in [2.05, 4.69) is 35.4 Å². The smallest absolute Gasteiger partial charge is 0.227 e. The summed E-state index contributed by atoms with van der Waals surface area (Å²) in [7, 11) is 0. The number of fused-ring (bicyclic) bond motifs is 1. The van der Waals surface area contributed by atoms with Gasteiger partial charge in [0.2, 0.25) is 5.91 Å². The molecule has 2 aromatic carbocycles. The van der Waals surface area contributed by atoms with Crippen LogP contribution in [0, 0.1) is 6.92 Å². The summed E-state index contributed by atoms with van der Waals surface area (Å²) in [6.45, 7) is 3.57. The van der Waals surface area contributed by atoms with Crippen molar-refractivity contribution < 1.29 is 4.79 Å². The number of aryl methyl sites for hydroxylation is 1. The van der Waals surface area contributed by atoms with E-state index < -0.39 is 0 Å². The number of anilines is 2. The SMILES string of the molecule is Cc1ccc2nccc(NCc3ccccc3N3CCCC3=O)c2c1.Cl. The largest absolute Gasteiger partial charge is 0.380 e. The van der Waals surface area contributed by atoms with Gasteiger partial charge in [0.15, 0.2) is 0 Å². The number of hydrogen-bond acceptors (Lipinski definition) is 3. The minimum Gasteiger partial charge on any atom is -0.380 e. The van der Waals surface area contributed by atoms with Crippen LogP contribution in [0.25, 0.3) is 10.9 Å². The van der Waals surface area contributed by atoms with Crippen molar-refractivity contribution in [1.82, 2.24) is 4.98 Å². The van der Waals surface area contributed by atoms with Gasteiger partial charge in [-0.15, -0.1) is 12.4 Å². The lowest BCUT2D eigenvalue weighted by Crippen LogP contribution is -2.25. The first kappa shape index (κ1) is 18.2. The molecule has 0 aliphatic carbocycles. The van der Waals surface area contributed by atoms with Gasteiger partial charge in [0.25, 0.3) is 0 Å². The Morgan fingerprint density at radius 3 is 2.81 bits per heavy atom.